The summed E-state index contributed by atoms with van der Waals surface area (Å²) in [4.78, 5) is 15.6. The largest absolute Gasteiger partial charge is 0.493 e. The highest BCUT2D eigenvalue weighted by Gasteiger charge is 2.35. The number of hydrogen-bond donors (Lipinski definition) is 0. The Kier molecular flexibility index (Phi) is 7.79. The number of thioether (sulfide) groups is 1. The first kappa shape index (κ1) is 25.7. The van der Waals surface area contributed by atoms with Crippen LogP contribution < -0.4 is 4.74 Å². The molecule has 6 nitrogen and oxygen atoms in total. The maximum absolute atomic E-state index is 13.3. The van der Waals surface area contributed by atoms with Crippen LogP contribution in [0.4, 0.5) is 0 Å². The third-order valence-electron chi connectivity index (χ3n) is 6.45. The molecular formula is C29H31N3O3S2. The molecular weight excluding hydrogens is 502 g/mol. The molecule has 0 radical (unpaired) electrons. The molecule has 1 atom stereocenters. The van der Waals surface area contributed by atoms with E-state index >= 15 is 0 Å². The quantitative estimate of drug-likeness (QED) is 0.252. The van der Waals surface area contributed by atoms with Gasteiger partial charge in [-0.1, -0.05) is 68.2 Å². The first-order valence-corrected chi connectivity index (χ1v) is 13.9. The molecule has 5 rings (SSSR count). The highest BCUT2D eigenvalue weighted by molar-refractivity contribution is 8.26. The zero-order valence-electron chi connectivity index (χ0n) is 21.3. The Labute approximate surface area is 227 Å². The predicted octanol–water partition coefficient (Wildman–Crippen LogP) is 6.26. The number of rotatable bonds is 8. The van der Waals surface area contributed by atoms with Crippen LogP contribution in [0, 0.1) is 12.8 Å². The van der Waals surface area contributed by atoms with E-state index in [0.717, 1.165) is 53.3 Å². The zero-order chi connectivity index (χ0) is 25.9. The van der Waals surface area contributed by atoms with Crippen LogP contribution in [0.15, 0.2) is 59.6 Å². The topological polar surface area (TPSA) is 56.6 Å². The minimum Gasteiger partial charge on any atom is -0.493 e. The lowest BCUT2D eigenvalue weighted by molar-refractivity contribution is -0.123. The number of carbonyl (C=O) groups excluding carboxylic acids is 1. The second-order valence-corrected chi connectivity index (χ2v) is 11.4. The number of nitrogens with zero attached hydrogens (tertiary/aromatic N) is 3. The highest BCUT2D eigenvalue weighted by atomic mass is 32.2. The second-order valence-electron chi connectivity index (χ2n) is 9.77. The van der Waals surface area contributed by atoms with Gasteiger partial charge < -0.3 is 9.47 Å². The average molecular weight is 534 g/mol. The molecule has 37 heavy (non-hydrogen) atoms. The molecule has 1 unspecified atom stereocenters. The van der Waals surface area contributed by atoms with E-state index in [-0.39, 0.29) is 12.0 Å². The Morgan fingerprint density at radius 3 is 2.76 bits per heavy atom. The van der Waals surface area contributed by atoms with Crippen molar-refractivity contribution in [2.45, 2.75) is 39.7 Å². The van der Waals surface area contributed by atoms with E-state index in [1.165, 1.54) is 11.8 Å². The van der Waals surface area contributed by atoms with E-state index in [1.54, 1.807) is 4.90 Å². The molecule has 2 fully saturated rings. The van der Waals surface area contributed by atoms with Gasteiger partial charge in [-0.05, 0) is 50.0 Å². The Bertz CT molecular complexity index is 1330. The van der Waals surface area contributed by atoms with Gasteiger partial charge >= 0.3 is 0 Å². The van der Waals surface area contributed by atoms with Gasteiger partial charge in [-0.3, -0.25) is 9.69 Å². The fourth-order valence-corrected chi connectivity index (χ4v) is 5.76. The normalized spacial score (nSPS) is 19.0. The number of benzene rings is 2. The summed E-state index contributed by atoms with van der Waals surface area (Å²) in [5, 5.41) is 4.97. The fourth-order valence-electron chi connectivity index (χ4n) is 4.49. The number of ether oxygens (including phenoxy) is 2. The van der Waals surface area contributed by atoms with Gasteiger partial charge in [0.1, 0.15) is 15.8 Å². The number of hydrogen-bond acceptors (Lipinski definition) is 6. The van der Waals surface area contributed by atoms with Crippen LogP contribution in [-0.4, -0.2) is 50.8 Å². The summed E-state index contributed by atoms with van der Waals surface area (Å²) in [7, 11) is 0. The average Bonchev–Trinajstić information content (AvgIpc) is 3.61. The Morgan fingerprint density at radius 2 is 2.03 bits per heavy atom. The molecule has 0 saturated carbocycles. The molecule has 0 spiro atoms. The lowest BCUT2D eigenvalue weighted by atomic mass is 10.0. The summed E-state index contributed by atoms with van der Waals surface area (Å²) < 4.78 is 14.3. The van der Waals surface area contributed by atoms with Crippen LogP contribution in [0.5, 0.6) is 5.75 Å². The maximum atomic E-state index is 13.3. The summed E-state index contributed by atoms with van der Waals surface area (Å²) in [6.07, 6.45) is 5.92. The summed E-state index contributed by atoms with van der Waals surface area (Å²) in [6.45, 7) is 8.21. The van der Waals surface area contributed by atoms with E-state index in [9.17, 15) is 4.79 Å². The van der Waals surface area contributed by atoms with Gasteiger partial charge in [0.25, 0.3) is 5.91 Å². The fraction of sp³-hybridized carbons (Fsp3) is 0.345. The molecule has 192 valence electrons. The van der Waals surface area contributed by atoms with Crippen molar-refractivity contribution in [1.82, 2.24) is 14.7 Å². The third-order valence-corrected chi connectivity index (χ3v) is 7.82. The molecule has 3 heterocycles. The molecule has 0 bridgehead atoms. The van der Waals surface area contributed by atoms with Gasteiger partial charge in [-0.15, -0.1) is 0 Å². The lowest BCUT2D eigenvalue weighted by Crippen LogP contribution is -2.35. The maximum Gasteiger partial charge on any atom is 0.266 e. The Hall–Kier alpha value is -2.94. The highest BCUT2D eigenvalue weighted by Crippen LogP contribution is 2.37. The Morgan fingerprint density at radius 1 is 1.22 bits per heavy atom. The van der Waals surface area contributed by atoms with E-state index in [1.807, 2.05) is 59.4 Å². The van der Waals surface area contributed by atoms with Gasteiger partial charge in [0, 0.05) is 29.5 Å². The van der Waals surface area contributed by atoms with Crippen molar-refractivity contribution in [1.29, 1.82) is 0 Å². The van der Waals surface area contributed by atoms with E-state index in [0.29, 0.717) is 28.3 Å². The number of para-hydroxylation sites is 1. The third kappa shape index (κ3) is 5.66. The molecule has 1 amide bonds. The van der Waals surface area contributed by atoms with Crippen molar-refractivity contribution in [2.75, 3.05) is 19.8 Å². The minimum atomic E-state index is -0.0744. The summed E-state index contributed by atoms with van der Waals surface area (Å²) in [6, 6.07) is 16.0. The van der Waals surface area contributed by atoms with Crippen molar-refractivity contribution in [3.05, 3.63) is 70.8 Å². The number of thiocarbonyl (C=S) groups is 1. The van der Waals surface area contributed by atoms with Crippen molar-refractivity contribution in [3.63, 3.8) is 0 Å². The molecule has 0 N–H and O–H groups in total. The zero-order valence-corrected chi connectivity index (χ0v) is 23.0. The van der Waals surface area contributed by atoms with Crippen molar-refractivity contribution in [2.24, 2.45) is 5.92 Å². The molecule has 8 heteroatoms. The van der Waals surface area contributed by atoms with Crippen molar-refractivity contribution >= 4 is 40.3 Å². The molecule has 3 aromatic rings. The van der Waals surface area contributed by atoms with Crippen LogP contribution in [-0.2, 0) is 9.53 Å². The molecule has 2 aliphatic rings. The molecule has 1 aromatic heterocycles. The predicted molar refractivity (Wildman–Crippen MR) is 153 cm³/mol. The van der Waals surface area contributed by atoms with Gasteiger partial charge in [-0.2, -0.15) is 5.10 Å². The van der Waals surface area contributed by atoms with Crippen LogP contribution in [0.25, 0.3) is 23.0 Å². The molecule has 2 saturated heterocycles. The first-order valence-electron chi connectivity index (χ1n) is 12.7. The van der Waals surface area contributed by atoms with Crippen molar-refractivity contribution in [3.8, 4) is 22.7 Å². The van der Waals surface area contributed by atoms with E-state index < -0.39 is 0 Å². The van der Waals surface area contributed by atoms with Crippen molar-refractivity contribution < 1.29 is 14.3 Å². The monoisotopic (exact) mass is 533 g/mol. The van der Waals surface area contributed by atoms with E-state index in [2.05, 4.69) is 26.8 Å². The molecule has 0 aliphatic carbocycles. The molecule has 2 aromatic carbocycles. The van der Waals surface area contributed by atoms with Gasteiger partial charge in [0.05, 0.1) is 29.8 Å². The van der Waals surface area contributed by atoms with Crippen LogP contribution in [0.2, 0.25) is 0 Å². The SMILES string of the molecule is Cc1c(OCC(C)C)cccc1-c1nn(-c2ccccc2)cc1C=C1SC(=S)N(CC2CCCO2)C1=O. The summed E-state index contributed by atoms with van der Waals surface area (Å²) >= 11 is 6.92. The summed E-state index contributed by atoms with van der Waals surface area (Å²) in [5.41, 5.74) is 4.57. The first-order chi connectivity index (χ1) is 17.9. The van der Waals surface area contributed by atoms with Crippen LogP contribution in [0.3, 0.4) is 0 Å². The lowest BCUT2D eigenvalue weighted by Gasteiger charge is -2.18. The second kappa shape index (κ2) is 11.2. The Balaban J connectivity index is 1.53. The number of carbonyl (C=O) groups is 1. The standard InChI is InChI=1S/C29H31N3O3S2/c1-19(2)18-35-25-13-7-12-24(20(25)3)27-21(16-32(30-27)22-9-5-4-6-10-22)15-26-28(33)31(29(36)37-26)17-23-11-8-14-34-23/h4-7,9-10,12-13,15-16,19,23H,8,11,14,17-18H2,1-3H3. The summed E-state index contributed by atoms with van der Waals surface area (Å²) in [5.74, 6) is 1.19. The van der Waals surface area contributed by atoms with E-state index in [4.69, 9.17) is 26.8 Å². The number of aromatic nitrogens is 2. The smallest absolute Gasteiger partial charge is 0.266 e. The molecule has 2 aliphatic heterocycles. The van der Waals surface area contributed by atoms with Crippen LogP contribution in [0.1, 0.15) is 37.8 Å². The van der Waals surface area contributed by atoms with Gasteiger partial charge in [0.2, 0.25) is 0 Å². The van der Waals surface area contributed by atoms with Gasteiger partial charge in [-0.25, -0.2) is 4.68 Å². The minimum absolute atomic E-state index is 0.0504. The van der Waals surface area contributed by atoms with Crippen LogP contribution >= 0.6 is 24.0 Å². The number of amides is 1. The van der Waals surface area contributed by atoms with Gasteiger partial charge in [0.15, 0.2) is 0 Å².